The third-order valence-corrected chi connectivity index (χ3v) is 3.00. The Bertz CT molecular complexity index is 217. The smallest absolute Gasteiger partial charge is 0.329 e. The van der Waals surface area contributed by atoms with Crippen molar-refractivity contribution in [1.29, 1.82) is 0 Å². The van der Waals surface area contributed by atoms with Crippen LogP contribution in [0.4, 0.5) is 0 Å². The summed E-state index contributed by atoms with van der Waals surface area (Å²) in [6.45, 7) is 1.88. The van der Waals surface area contributed by atoms with E-state index in [0.717, 1.165) is 19.3 Å². The van der Waals surface area contributed by atoms with Crippen molar-refractivity contribution in [2.24, 2.45) is 5.92 Å². The zero-order valence-electron chi connectivity index (χ0n) is 7.75. The Morgan fingerprint density at radius 1 is 1.62 bits per heavy atom. The molecule has 1 amide bonds. The van der Waals surface area contributed by atoms with Crippen LogP contribution in [-0.2, 0) is 9.59 Å². The Hall–Kier alpha value is -1.06. The van der Waals surface area contributed by atoms with Gasteiger partial charge in [0.25, 0.3) is 0 Å². The van der Waals surface area contributed by atoms with E-state index in [9.17, 15) is 9.59 Å². The van der Waals surface area contributed by atoms with Crippen LogP contribution in [0.25, 0.3) is 0 Å². The molecule has 74 valence electrons. The molecule has 0 aromatic rings. The minimum absolute atomic E-state index is 0.0175. The summed E-state index contributed by atoms with van der Waals surface area (Å²) in [5.41, 5.74) is -1.01. The molecule has 4 nitrogen and oxygen atoms in total. The van der Waals surface area contributed by atoms with Crippen molar-refractivity contribution in [3.8, 4) is 0 Å². The van der Waals surface area contributed by atoms with Gasteiger partial charge in [-0.15, -0.1) is 0 Å². The lowest BCUT2D eigenvalue weighted by Gasteiger charge is -2.38. The molecule has 0 aromatic carbocycles. The molecule has 0 saturated heterocycles. The molecule has 2 atom stereocenters. The van der Waals surface area contributed by atoms with Crippen LogP contribution in [0.2, 0.25) is 0 Å². The van der Waals surface area contributed by atoms with Gasteiger partial charge in [0.05, 0.1) is 0 Å². The fraction of sp³-hybridized carbons (Fsp3) is 0.778. The van der Waals surface area contributed by atoms with Gasteiger partial charge in [-0.25, -0.2) is 4.79 Å². The van der Waals surface area contributed by atoms with Gasteiger partial charge in [-0.2, -0.15) is 0 Å². The number of carboxylic acid groups (broad SMARTS) is 1. The zero-order chi connectivity index (χ0) is 9.90. The third-order valence-electron chi connectivity index (χ3n) is 3.00. The first-order valence-electron chi connectivity index (χ1n) is 4.58. The monoisotopic (exact) mass is 185 g/mol. The normalized spacial score (nSPS) is 33.8. The van der Waals surface area contributed by atoms with Gasteiger partial charge in [-0.05, 0) is 18.8 Å². The minimum atomic E-state index is -1.01. The number of amides is 1. The van der Waals surface area contributed by atoms with E-state index in [1.54, 1.807) is 0 Å². The van der Waals surface area contributed by atoms with Gasteiger partial charge >= 0.3 is 5.97 Å². The second-order valence-corrected chi connectivity index (χ2v) is 3.69. The van der Waals surface area contributed by atoms with Gasteiger partial charge in [0, 0.05) is 0 Å². The maximum Gasteiger partial charge on any atom is 0.329 e. The first kappa shape index (κ1) is 10.0. The molecule has 0 aromatic heterocycles. The number of carbonyl (C=O) groups is 2. The van der Waals surface area contributed by atoms with Crippen molar-refractivity contribution < 1.29 is 14.7 Å². The molecule has 1 aliphatic rings. The van der Waals surface area contributed by atoms with Crippen molar-refractivity contribution in [2.45, 2.75) is 38.1 Å². The number of carboxylic acids is 1. The summed E-state index contributed by atoms with van der Waals surface area (Å²) in [5.74, 6) is -0.893. The van der Waals surface area contributed by atoms with Crippen LogP contribution in [0.5, 0.6) is 0 Å². The molecule has 0 spiro atoms. The lowest BCUT2D eigenvalue weighted by molar-refractivity contribution is -0.150. The van der Waals surface area contributed by atoms with Crippen LogP contribution in [0.3, 0.4) is 0 Å². The number of nitrogens with one attached hydrogen (secondary N) is 1. The Labute approximate surface area is 77.3 Å². The molecule has 1 rings (SSSR count). The van der Waals surface area contributed by atoms with E-state index in [-0.39, 0.29) is 5.92 Å². The summed E-state index contributed by atoms with van der Waals surface area (Å²) in [4.78, 5) is 21.4. The van der Waals surface area contributed by atoms with Gasteiger partial charge in [-0.3, -0.25) is 4.79 Å². The molecule has 1 fully saturated rings. The van der Waals surface area contributed by atoms with E-state index >= 15 is 0 Å². The first-order chi connectivity index (χ1) is 6.13. The molecule has 0 heterocycles. The second kappa shape index (κ2) is 3.77. The van der Waals surface area contributed by atoms with Crippen LogP contribution >= 0.6 is 0 Å². The second-order valence-electron chi connectivity index (χ2n) is 3.69. The predicted molar refractivity (Wildman–Crippen MR) is 47.2 cm³/mol. The van der Waals surface area contributed by atoms with E-state index in [1.165, 1.54) is 0 Å². The summed E-state index contributed by atoms with van der Waals surface area (Å²) in [7, 11) is 0. The van der Waals surface area contributed by atoms with E-state index < -0.39 is 11.5 Å². The van der Waals surface area contributed by atoms with Crippen LogP contribution in [-0.4, -0.2) is 23.0 Å². The maximum absolute atomic E-state index is 11.1. The van der Waals surface area contributed by atoms with Crippen LogP contribution < -0.4 is 5.32 Å². The molecule has 1 aliphatic carbocycles. The molecule has 2 N–H and O–H groups in total. The van der Waals surface area contributed by atoms with E-state index in [1.807, 2.05) is 6.92 Å². The van der Waals surface area contributed by atoms with E-state index in [4.69, 9.17) is 5.11 Å². The molecule has 0 radical (unpaired) electrons. The summed E-state index contributed by atoms with van der Waals surface area (Å²) in [5, 5.41) is 11.5. The molecular weight excluding hydrogens is 170 g/mol. The van der Waals surface area contributed by atoms with Gasteiger partial charge in [0.15, 0.2) is 0 Å². The minimum Gasteiger partial charge on any atom is -0.479 e. The van der Waals surface area contributed by atoms with Gasteiger partial charge in [-0.1, -0.05) is 19.8 Å². The molecule has 13 heavy (non-hydrogen) atoms. The number of carbonyl (C=O) groups excluding carboxylic acids is 1. The highest BCUT2D eigenvalue weighted by molar-refractivity contribution is 5.82. The van der Waals surface area contributed by atoms with Crippen LogP contribution in [0, 0.1) is 5.92 Å². The molecule has 1 saturated carbocycles. The highest BCUT2D eigenvalue weighted by Crippen LogP contribution is 2.33. The SMILES string of the molecule is CC1CCCCC1(NC=O)C(=O)O. The standard InChI is InChI=1S/C9H15NO3/c1-7-4-2-3-5-9(7,8(12)13)10-6-11/h6-7H,2-5H2,1H3,(H,10,11)(H,12,13). The Morgan fingerprint density at radius 3 is 2.77 bits per heavy atom. The van der Waals surface area contributed by atoms with Gasteiger partial charge in [0.2, 0.25) is 6.41 Å². The van der Waals surface area contributed by atoms with Gasteiger partial charge < -0.3 is 10.4 Å². The van der Waals surface area contributed by atoms with Crippen molar-refractivity contribution in [2.75, 3.05) is 0 Å². The molecule has 2 unspecified atom stereocenters. The molecule has 0 aliphatic heterocycles. The van der Waals surface area contributed by atoms with Crippen molar-refractivity contribution >= 4 is 12.4 Å². The zero-order valence-corrected chi connectivity index (χ0v) is 7.75. The third kappa shape index (κ3) is 1.66. The highest BCUT2D eigenvalue weighted by Gasteiger charge is 2.44. The van der Waals surface area contributed by atoms with Crippen LogP contribution in [0.15, 0.2) is 0 Å². The van der Waals surface area contributed by atoms with E-state index in [2.05, 4.69) is 5.32 Å². The fourth-order valence-corrected chi connectivity index (χ4v) is 2.05. The predicted octanol–water partition coefficient (Wildman–Crippen LogP) is 0.766. The van der Waals surface area contributed by atoms with E-state index in [0.29, 0.717) is 12.8 Å². The fourth-order valence-electron chi connectivity index (χ4n) is 2.05. The van der Waals surface area contributed by atoms with Gasteiger partial charge in [0.1, 0.15) is 5.54 Å². The number of rotatable bonds is 3. The summed E-state index contributed by atoms with van der Waals surface area (Å²) < 4.78 is 0. The Morgan fingerprint density at radius 2 is 2.31 bits per heavy atom. The topological polar surface area (TPSA) is 66.4 Å². The Kier molecular flexibility index (Phi) is 2.90. The molecule has 4 heteroatoms. The average molecular weight is 185 g/mol. The summed E-state index contributed by atoms with van der Waals surface area (Å²) in [6.07, 6.45) is 3.83. The lowest BCUT2D eigenvalue weighted by atomic mass is 9.74. The Balaban J connectivity index is 2.85. The van der Waals surface area contributed by atoms with Crippen molar-refractivity contribution in [3.05, 3.63) is 0 Å². The summed E-state index contributed by atoms with van der Waals surface area (Å²) >= 11 is 0. The molecule has 0 bridgehead atoms. The van der Waals surface area contributed by atoms with Crippen molar-refractivity contribution in [3.63, 3.8) is 0 Å². The van der Waals surface area contributed by atoms with Crippen molar-refractivity contribution in [1.82, 2.24) is 5.32 Å². The highest BCUT2D eigenvalue weighted by atomic mass is 16.4. The molecular formula is C9H15NO3. The largest absolute Gasteiger partial charge is 0.479 e. The number of aliphatic carboxylic acids is 1. The number of hydrogen-bond donors (Lipinski definition) is 2. The van der Waals surface area contributed by atoms with Crippen LogP contribution in [0.1, 0.15) is 32.6 Å². The summed E-state index contributed by atoms with van der Waals surface area (Å²) in [6, 6.07) is 0. The quantitative estimate of drug-likeness (QED) is 0.638. The first-order valence-corrected chi connectivity index (χ1v) is 4.58. The number of hydrogen-bond acceptors (Lipinski definition) is 2. The lowest BCUT2D eigenvalue weighted by Crippen LogP contribution is -2.57. The maximum atomic E-state index is 11.1. The average Bonchev–Trinajstić information content (AvgIpc) is 2.09.